The molecular weight excluding hydrogens is 602 g/mol. The molecule has 1 unspecified atom stereocenters. The first-order valence-electron chi connectivity index (χ1n) is 12.4. The lowest BCUT2D eigenvalue weighted by Gasteiger charge is -2.17. The van der Waals surface area contributed by atoms with Crippen LogP contribution in [0.1, 0.15) is 53.1 Å². The highest BCUT2D eigenvalue weighted by molar-refractivity contribution is 7.72. The summed E-state index contributed by atoms with van der Waals surface area (Å²) in [6, 6.07) is 14.3. The number of aromatic nitrogens is 2. The van der Waals surface area contributed by atoms with E-state index in [-0.39, 0.29) is 28.3 Å². The van der Waals surface area contributed by atoms with Gasteiger partial charge in [-0.15, -0.1) is 0 Å². The van der Waals surface area contributed by atoms with Crippen molar-refractivity contribution in [2.24, 2.45) is 0 Å². The molecule has 7 nitrogen and oxygen atoms in total. The van der Waals surface area contributed by atoms with E-state index in [1.54, 1.807) is 43.3 Å². The molecule has 1 aromatic heterocycles. The Labute approximate surface area is 244 Å². The van der Waals surface area contributed by atoms with Crippen LogP contribution in [0.3, 0.4) is 0 Å². The molecule has 1 saturated carbocycles. The van der Waals surface area contributed by atoms with Crippen molar-refractivity contribution in [3.63, 3.8) is 0 Å². The predicted octanol–water partition coefficient (Wildman–Crippen LogP) is 7.00. The van der Waals surface area contributed by atoms with Crippen molar-refractivity contribution in [1.29, 1.82) is 0 Å². The Kier molecular flexibility index (Phi) is 7.88. The number of halogens is 5. The Morgan fingerprint density at radius 3 is 2.20 bits per heavy atom. The van der Waals surface area contributed by atoms with Crippen LogP contribution in [0.25, 0.3) is 11.5 Å². The monoisotopic (exact) mass is 623 g/mol. The fraction of sp³-hybridized carbons (Fsp3) is 0.250. The number of carbonyl (C=O) groups is 1. The first-order chi connectivity index (χ1) is 19.4. The lowest BCUT2D eigenvalue weighted by Crippen LogP contribution is -2.16. The van der Waals surface area contributed by atoms with Crippen LogP contribution in [0.15, 0.2) is 65.2 Å². The van der Waals surface area contributed by atoms with E-state index in [9.17, 15) is 26.4 Å². The Morgan fingerprint density at radius 2 is 1.66 bits per heavy atom. The molecule has 1 aliphatic rings. The fourth-order valence-electron chi connectivity index (χ4n) is 4.58. The lowest BCUT2D eigenvalue weighted by molar-refractivity contribution is -0.137. The van der Waals surface area contributed by atoms with Crippen LogP contribution < -0.4 is 5.32 Å². The average molecular weight is 624 g/mol. The van der Waals surface area contributed by atoms with Gasteiger partial charge in [-0.1, -0.05) is 52.6 Å². The Hall–Kier alpha value is -3.41. The van der Waals surface area contributed by atoms with Gasteiger partial charge in [0.25, 0.3) is 5.89 Å². The molecule has 0 saturated heterocycles. The summed E-state index contributed by atoms with van der Waals surface area (Å²) in [4.78, 5) is 17.1. The molecule has 0 spiro atoms. The van der Waals surface area contributed by atoms with Gasteiger partial charge in [-0.3, -0.25) is 4.79 Å². The number of amides is 1. The summed E-state index contributed by atoms with van der Waals surface area (Å²) in [6.07, 6.45) is -3.16. The van der Waals surface area contributed by atoms with Crippen LogP contribution >= 0.6 is 23.2 Å². The molecular formula is C28H22Cl2F3N3O4S. The number of hydrogen-bond donors (Lipinski definition) is 2. The number of anilines is 1. The molecule has 1 fully saturated rings. The second kappa shape index (κ2) is 11.1. The molecule has 214 valence electrons. The van der Waals surface area contributed by atoms with E-state index in [0.29, 0.717) is 46.6 Å². The number of nitrogens with zero attached hydrogens (tertiary/aromatic N) is 2. The maximum atomic E-state index is 12.9. The fourth-order valence-corrected chi connectivity index (χ4v) is 5.84. The topological polar surface area (TPSA) is 102 Å². The molecule has 1 heterocycles. The van der Waals surface area contributed by atoms with Gasteiger partial charge < -0.3 is 9.84 Å². The summed E-state index contributed by atoms with van der Waals surface area (Å²) in [6.45, 7) is 1.59. The van der Waals surface area contributed by atoms with Gasteiger partial charge in [-0.25, -0.2) is 8.42 Å². The van der Waals surface area contributed by atoms with Crippen LogP contribution in [0, 0.1) is 0 Å². The summed E-state index contributed by atoms with van der Waals surface area (Å²) in [5.41, 5.74) is 1.13. The Bertz CT molecular complexity index is 1650. The van der Waals surface area contributed by atoms with Crippen LogP contribution in [-0.2, 0) is 33.5 Å². The molecule has 4 aromatic rings. The van der Waals surface area contributed by atoms with Crippen LogP contribution in [0.2, 0.25) is 10.0 Å². The molecule has 13 heteroatoms. The van der Waals surface area contributed by atoms with Crippen LogP contribution in [-0.4, -0.2) is 24.5 Å². The first-order valence-corrected chi connectivity index (χ1v) is 14.4. The van der Waals surface area contributed by atoms with Gasteiger partial charge in [-0.05, 0) is 67.3 Å². The summed E-state index contributed by atoms with van der Waals surface area (Å²) < 4.78 is 66.4. The molecule has 41 heavy (non-hydrogen) atoms. The van der Waals surface area contributed by atoms with Crippen LogP contribution in [0.5, 0.6) is 0 Å². The largest absolute Gasteiger partial charge is 0.416 e. The van der Waals surface area contributed by atoms with Gasteiger partial charge in [0, 0.05) is 26.9 Å². The Balaban J connectivity index is 1.31. The third kappa shape index (κ3) is 6.12. The minimum absolute atomic E-state index is 0.0503. The van der Waals surface area contributed by atoms with Gasteiger partial charge in [0.2, 0.25) is 5.91 Å². The van der Waals surface area contributed by atoms with Gasteiger partial charge in [-0.2, -0.15) is 18.2 Å². The number of carbonyl (C=O) groups excluding carboxylic acids is 1. The summed E-state index contributed by atoms with van der Waals surface area (Å²) >= 11 is 13.3. The van der Waals surface area contributed by atoms with Crippen molar-refractivity contribution in [2.45, 2.75) is 43.0 Å². The van der Waals surface area contributed by atoms with Crippen molar-refractivity contribution in [3.05, 3.63) is 98.8 Å². The average Bonchev–Trinajstić information content (AvgIpc) is 3.53. The van der Waals surface area contributed by atoms with E-state index < -0.39 is 33.1 Å². The SMILES string of the molecule is CC(c1ccc(CC(=O)Nc2cc(Cl)c(C3(c4noc(-c5ccc(C(F)(F)F)cc5)n4)CC3)c(Cl)c2)cc1)[SH](=O)=O. The molecule has 0 radical (unpaired) electrons. The van der Waals surface area contributed by atoms with Crippen LogP contribution in [0.4, 0.5) is 18.9 Å². The highest BCUT2D eigenvalue weighted by atomic mass is 35.5. The van der Waals surface area contributed by atoms with E-state index in [4.69, 9.17) is 27.7 Å². The van der Waals surface area contributed by atoms with Gasteiger partial charge >= 0.3 is 6.18 Å². The maximum absolute atomic E-state index is 12.9. The zero-order valence-electron chi connectivity index (χ0n) is 21.3. The summed E-state index contributed by atoms with van der Waals surface area (Å²) in [5.74, 6) is 0.0637. The summed E-state index contributed by atoms with van der Waals surface area (Å²) in [5, 5.41) is 6.80. The van der Waals surface area contributed by atoms with Gasteiger partial charge in [0.1, 0.15) is 10.7 Å². The predicted molar refractivity (Wildman–Crippen MR) is 149 cm³/mol. The number of rotatable bonds is 8. The first kappa shape index (κ1) is 29.1. The van der Waals surface area contributed by atoms with Crippen molar-refractivity contribution < 1.29 is 30.9 Å². The third-order valence-corrected chi connectivity index (χ3v) is 8.54. The van der Waals surface area contributed by atoms with Crippen molar-refractivity contribution in [3.8, 4) is 11.5 Å². The number of thiol groups is 1. The van der Waals surface area contributed by atoms with E-state index in [1.165, 1.54) is 12.1 Å². The highest BCUT2D eigenvalue weighted by Crippen LogP contribution is 2.57. The highest BCUT2D eigenvalue weighted by Gasteiger charge is 2.52. The van der Waals surface area contributed by atoms with E-state index in [1.807, 2.05) is 0 Å². The lowest BCUT2D eigenvalue weighted by atomic mass is 9.94. The van der Waals surface area contributed by atoms with Crippen molar-refractivity contribution in [2.75, 3.05) is 5.32 Å². The Morgan fingerprint density at radius 1 is 1.05 bits per heavy atom. The molecule has 1 atom stereocenters. The zero-order chi connectivity index (χ0) is 29.5. The number of nitrogens with one attached hydrogen (secondary N) is 1. The molecule has 1 amide bonds. The standard InChI is InChI=1S/C28H22Cl2F3N3O4S/c1-15(41(38)39)17-4-2-16(3-5-17)12-23(37)34-20-13-21(29)24(22(30)14-20)27(10-11-27)26-35-25(40-36-26)18-6-8-19(9-7-18)28(31,32)33/h2-9,13-15,41H,10-12H2,1H3,(H,34,37). The van der Waals surface area contributed by atoms with Crippen molar-refractivity contribution >= 4 is 45.5 Å². The number of alkyl halides is 3. The van der Waals surface area contributed by atoms with E-state index in [2.05, 4.69) is 15.5 Å². The smallest absolute Gasteiger partial charge is 0.334 e. The third-order valence-electron chi connectivity index (χ3n) is 7.01. The van der Waals surface area contributed by atoms with Crippen molar-refractivity contribution in [1.82, 2.24) is 10.1 Å². The molecule has 3 aromatic carbocycles. The zero-order valence-corrected chi connectivity index (χ0v) is 23.7. The normalized spacial score (nSPS) is 15.1. The van der Waals surface area contributed by atoms with E-state index >= 15 is 0 Å². The molecule has 1 aliphatic carbocycles. The minimum Gasteiger partial charge on any atom is -0.334 e. The second-order valence-corrected chi connectivity index (χ2v) is 12.0. The minimum atomic E-state index is -4.46. The van der Waals surface area contributed by atoms with Gasteiger partial charge in [0.15, 0.2) is 5.82 Å². The number of benzene rings is 3. The van der Waals surface area contributed by atoms with E-state index in [0.717, 1.165) is 12.1 Å². The summed E-state index contributed by atoms with van der Waals surface area (Å²) in [7, 11) is -2.59. The molecule has 0 aliphatic heterocycles. The molecule has 0 bridgehead atoms. The second-order valence-electron chi connectivity index (χ2n) is 9.82. The molecule has 5 rings (SSSR count). The van der Waals surface area contributed by atoms with Gasteiger partial charge in [0.05, 0.1) is 22.6 Å². The quantitative estimate of drug-likeness (QED) is 0.205. The number of hydrogen-bond acceptors (Lipinski definition) is 6. The maximum Gasteiger partial charge on any atom is 0.416 e. The molecule has 1 N–H and O–H groups in total.